The molecule has 0 spiro atoms. The fourth-order valence-electron chi connectivity index (χ4n) is 5.72. The van der Waals surface area contributed by atoms with Gasteiger partial charge in [-0.05, 0) is 62.5 Å². The van der Waals surface area contributed by atoms with Crippen LogP contribution in [0.4, 0.5) is 24.8 Å². The highest BCUT2D eigenvalue weighted by molar-refractivity contribution is 7.85. The smallest absolute Gasteiger partial charge is 0.356 e. The van der Waals surface area contributed by atoms with Crippen LogP contribution in [0.1, 0.15) is 61.9 Å². The Labute approximate surface area is 259 Å². The van der Waals surface area contributed by atoms with Crippen LogP contribution in [0.15, 0.2) is 30.3 Å². The molecule has 2 fully saturated rings. The predicted molar refractivity (Wildman–Crippen MR) is 159 cm³/mol. The molecule has 244 valence electrons. The van der Waals surface area contributed by atoms with Crippen molar-refractivity contribution in [3.05, 3.63) is 47.3 Å². The van der Waals surface area contributed by atoms with Crippen LogP contribution in [0.5, 0.6) is 0 Å². The molecule has 0 bridgehead atoms. The van der Waals surface area contributed by atoms with Gasteiger partial charge in [0.25, 0.3) is 10.1 Å². The lowest BCUT2D eigenvalue weighted by Gasteiger charge is -2.34. The average Bonchev–Trinajstić information content (AvgIpc) is 3.50. The van der Waals surface area contributed by atoms with Crippen LogP contribution in [0, 0.1) is 17.2 Å². The lowest BCUT2D eigenvalue weighted by molar-refractivity contribution is -0.144. The highest BCUT2D eigenvalue weighted by Crippen LogP contribution is 2.34. The monoisotopic (exact) mass is 651 g/mol. The Hall–Kier alpha value is -3.97. The number of nitriles is 1. The van der Waals surface area contributed by atoms with Crippen LogP contribution < -0.4 is 20.4 Å². The quantitative estimate of drug-likeness (QED) is 0.290. The van der Waals surface area contributed by atoms with Gasteiger partial charge in [-0.3, -0.25) is 14.1 Å². The second-order valence-electron chi connectivity index (χ2n) is 11.2. The lowest BCUT2D eigenvalue weighted by Crippen LogP contribution is -2.44. The fraction of sp³-hybridized carbons (Fsp3) is 0.552. The van der Waals surface area contributed by atoms with Crippen molar-refractivity contribution in [2.24, 2.45) is 5.92 Å². The van der Waals surface area contributed by atoms with Gasteiger partial charge in [0, 0.05) is 38.7 Å². The van der Waals surface area contributed by atoms with Crippen molar-refractivity contribution in [1.82, 2.24) is 20.6 Å². The molecule has 16 heteroatoms. The molecule has 2 aromatic rings. The second-order valence-corrected chi connectivity index (χ2v) is 12.7. The van der Waals surface area contributed by atoms with Crippen LogP contribution in [0.2, 0.25) is 0 Å². The summed E-state index contributed by atoms with van der Waals surface area (Å²) in [6.45, 7) is 1.53. The molecule has 4 rings (SSSR count). The zero-order chi connectivity index (χ0) is 32.6. The normalized spacial score (nSPS) is 17.6. The first-order valence-corrected chi connectivity index (χ1v) is 16.4. The van der Waals surface area contributed by atoms with Gasteiger partial charge in [0.2, 0.25) is 17.6 Å². The van der Waals surface area contributed by atoms with Crippen molar-refractivity contribution in [2.45, 2.75) is 63.6 Å². The first kappa shape index (κ1) is 33.9. The van der Waals surface area contributed by atoms with E-state index >= 15 is 0 Å². The van der Waals surface area contributed by atoms with Gasteiger partial charge in [-0.25, -0.2) is 9.97 Å². The van der Waals surface area contributed by atoms with Crippen LogP contribution >= 0.6 is 0 Å². The number of aromatic nitrogens is 2. The summed E-state index contributed by atoms with van der Waals surface area (Å²) in [6.07, 6.45) is -0.675. The minimum Gasteiger partial charge on any atom is -0.356 e. The number of hydrogen-bond acceptors (Lipinski definition) is 9. The first-order valence-electron chi connectivity index (χ1n) is 14.8. The minimum absolute atomic E-state index is 0.0397. The number of hydrogen-bond donors (Lipinski definition) is 3. The zero-order valence-electron chi connectivity index (χ0n) is 24.6. The van der Waals surface area contributed by atoms with E-state index in [-0.39, 0.29) is 36.4 Å². The van der Waals surface area contributed by atoms with Crippen molar-refractivity contribution < 1.29 is 35.7 Å². The Morgan fingerprint density at radius 2 is 1.78 bits per heavy atom. The van der Waals surface area contributed by atoms with E-state index in [1.165, 1.54) is 6.07 Å². The molecule has 2 aliphatic rings. The van der Waals surface area contributed by atoms with E-state index < -0.39 is 39.9 Å². The molecule has 45 heavy (non-hydrogen) atoms. The van der Waals surface area contributed by atoms with Gasteiger partial charge in [-0.1, -0.05) is 18.2 Å². The third-order valence-corrected chi connectivity index (χ3v) is 8.55. The Bertz CT molecular complexity index is 1510. The van der Waals surface area contributed by atoms with E-state index in [9.17, 15) is 36.4 Å². The summed E-state index contributed by atoms with van der Waals surface area (Å²) in [5.41, 5.74) is 1.32. The number of benzene rings is 1. The highest BCUT2D eigenvalue weighted by atomic mass is 32.2. The van der Waals surface area contributed by atoms with E-state index in [1.807, 2.05) is 12.1 Å². The molecule has 0 unspecified atom stereocenters. The molecule has 1 atom stereocenters. The standard InChI is InChI=1S/C29H36F3N7O5S/c30-29(31,32)28-36-24(38-15-11-20(12-16-38)5-3-9-26(40)35-19-45(42,43)44)17-25(37-28)39-14-4-8-23(39)27(41)34-13-10-21-6-1-2-7-22(21)18-33/h1-2,6-7,17,20,23H,3-5,8-16,19H2,(H,34,41)(H,35,40)(H,42,43,44)/t23-/m0/s1. The number of amides is 2. The molecule has 1 aromatic carbocycles. The number of carbonyl (C=O) groups is 2. The van der Waals surface area contributed by atoms with Crippen LogP contribution in [0.25, 0.3) is 0 Å². The zero-order valence-corrected chi connectivity index (χ0v) is 25.4. The van der Waals surface area contributed by atoms with E-state index in [1.54, 1.807) is 21.9 Å². The van der Waals surface area contributed by atoms with Crippen molar-refractivity contribution in [2.75, 3.05) is 41.9 Å². The van der Waals surface area contributed by atoms with Crippen LogP contribution in [-0.4, -0.2) is 72.9 Å². The van der Waals surface area contributed by atoms with Gasteiger partial charge in [-0.2, -0.15) is 26.9 Å². The number of carbonyl (C=O) groups excluding carboxylic acids is 2. The number of halogens is 3. The topological polar surface area (TPSA) is 169 Å². The van der Waals surface area contributed by atoms with Gasteiger partial charge >= 0.3 is 6.18 Å². The van der Waals surface area contributed by atoms with Crippen LogP contribution in [0.3, 0.4) is 0 Å². The molecule has 3 N–H and O–H groups in total. The third kappa shape index (κ3) is 9.76. The SMILES string of the molecule is N#Cc1ccccc1CCNC(=O)[C@@H]1CCCN1c1cc(N2CCC(CCCC(=O)NCS(=O)(=O)O)CC2)nc(C(F)(F)F)n1. The molecule has 3 heterocycles. The molecule has 2 aliphatic heterocycles. The Morgan fingerprint density at radius 1 is 1.07 bits per heavy atom. The number of piperidine rings is 1. The summed E-state index contributed by atoms with van der Waals surface area (Å²) in [4.78, 5) is 35.9. The molecule has 1 aromatic heterocycles. The Morgan fingerprint density at radius 3 is 2.47 bits per heavy atom. The van der Waals surface area contributed by atoms with Crippen molar-refractivity contribution >= 4 is 33.6 Å². The average molecular weight is 652 g/mol. The molecule has 2 saturated heterocycles. The van der Waals surface area contributed by atoms with E-state index in [2.05, 4.69) is 26.7 Å². The number of nitrogens with one attached hydrogen (secondary N) is 2. The summed E-state index contributed by atoms with van der Waals surface area (Å²) in [5.74, 6) is -2.52. The van der Waals surface area contributed by atoms with Crippen molar-refractivity contribution in [3.63, 3.8) is 0 Å². The Balaban J connectivity index is 1.37. The summed E-state index contributed by atoms with van der Waals surface area (Å²) in [6, 6.07) is 10.0. The largest absolute Gasteiger partial charge is 0.451 e. The third-order valence-electron chi connectivity index (χ3n) is 8.04. The number of alkyl halides is 3. The van der Waals surface area contributed by atoms with Gasteiger partial charge < -0.3 is 20.4 Å². The maximum atomic E-state index is 13.9. The molecule has 12 nitrogen and oxygen atoms in total. The molecule has 2 amide bonds. The summed E-state index contributed by atoms with van der Waals surface area (Å²) >= 11 is 0. The summed E-state index contributed by atoms with van der Waals surface area (Å²) in [7, 11) is -4.29. The summed E-state index contributed by atoms with van der Waals surface area (Å²) < 4.78 is 71.9. The lowest BCUT2D eigenvalue weighted by atomic mass is 9.91. The molecule has 0 saturated carbocycles. The number of nitrogens with zero attached hydrogens (tertiary/aromatic N) is 5. The maximum Gasteiger partial charge on any atom is 0.451 e. The molecular formula is C29H36F3N7O5S. The van der Waals surface area contributed by atoms with Crippen molar-refractivity contribution in [1.29, 1.82) is 5.26 Å². The molecular weight excluding hydrogens is 615 g/mol. The summed E-state index contributed by atoms with van der Waals surface area (Å²) in [5, 5.41) is 14.3. The maximum absolute atomic E-state index is 13.9. The van der Waals surface area contributed by atoms with Gasteiger partial charge in [0.1, 0.15) is 23.6 Å². The Kier molecular flexibility index (Phi) is 11.2. The number of anilines is 2. The minimum atomic E-state index is -4.79. The van der Waals surface area contributed by atoms with E-state index in [4.69, 9.17) is 4.55 Å². The molecule has 0 aliphatic carbocycles. The van der Waals surface area contributed by atoms with Crippen molar-refractivity contribution in [3.8, 4) is 6.07 Å². The predicted octanol–water partition coefficient (Wildman–Crippen LogP) is 3.04. The van der Waals surface area contributed by atoms with Crippen LogP contribution in [-0.2, 0) is 32.3 Å². The van der Waals surface area contributed by atoms with Gasteiger partial charge in [0.15, 0.2) is 0 Å². The second kappa shape index (κ2) is 14.9. The highest BCUT2D eigenvalue weighted by Gasteiger charge is 2.39. The van der Waals surface area contributed by atoms with Gasteiger partial charge in [0.05, 0.1) is 11.6 Å². The first-order chi connectivity index (χ1) is 21.3. The number of rotatable bonds is 12. The van der Waals surface area contributed by atoms with E-state index in [0.29, 0.717) is 70.1 Å². The fourth-order valence-corrected chi connectivity index (χ4v) is 6.06. The van der Waals surface area contributed by atoms with Gasteiger partial charge in [-0.15, -0.1) is 0 Å². The molecule has 0 radical (unpaired) electrons. The van der Waals surface area contributed by atoms with E-state index in [0.717, 1.165) is 5.56 Å².